The number of aryl methyl sites for hydroxylation is 1. The summed E-state index contributed by atoms with van der Waals surface area (Å²) in [4.78, 5) is 22.5. The number of carbonyl (C=O) groups is 1. The first-order chi connectivity index (χ1) is 22.4. The maximum absolute atomic E-state index is 14.4. The van der Waals surface area contributed by atoms with Crippen LogP contribution in [0, 0.1) is 6.92 Å². The van der Waals surface area contributed by atoms with Crippen LogP contribution in [0.15, 0.2) is 112 Å². The fourth-order valence-corrected chi connectivity index (χ4v) is 5.75. The summed E-state index contributed by atoms with van der Waals surface area (Å²) < 4.78 is 13.1. The van der Waals surface area contributed by atoms with Gasteiger partial charge in [-0.2, -0.15) is 0 Å². The zero-order chi connectivity index (χ0) is 32.4. The van der Waals surface area contributed by atoms with Crippen LogP contribution < -0.4 is 15.6 Å². The third kappa shape index (κ3) is 7.75. The Morgan fingerprint density at radius 2 is 1.80 bits per heavy atom. The van der Waals surface area contributed by atoms with Crippen LogP contribution in [0.1, 0.15) is 40.3 Å². The molecule has 0 saturated heterocycles. The van der Waals surface area contributed by atoms with E-state index in [0.717, 1.165) is 15.6 Å². The number of benzene rings is 4. The lowest BCUT2D eigenvalue weighted by Crippen LogP contribution is -2.54. The van der Waals surface area contributed by atoms with Gasteiger partial charge < -0.3 is 14.6 Å². The predicted molar refractivity (Wildman–Crippen MR) is 181 cm³/mol. The number of halogens is 1. The average molecular weight is 684 g/mol. The molecule has 3 N–H and O–H groups in total. The number of nitrogens with zero attached hydrogens (tertiary/aromatic N) is 4. The van der Waals surface area contributed by atoms with E-state index in [1.54, 1.807) is 24.3 Å². The number of nitrogens with one attached hydrogen (secondary N) is 2. The maximum atomic E-state index is 14.4. The summed E-state index contributed by atoms with van der Waals surface area (Å²) >= 11 is 3.66. The van der Waals surface area contributed by atoms with Crippen molar-refractivity contribution in [1.29, 1.82) is 0 Å². The summed E-state index contributed by atoms with van der Waals surface area (Å²) in [6, 6.07) is 30.2. The highest BCUT2D eigenvalue weighted by molar-refractivity contribution is 9.10. The number of rotatable bonds is 14. The van der Waals surface area contributed by atoms with E-state index < -0.39 is 17.6 Å². The number of aliphatic hydroxyl groups excluding tert-OH is 1. The lowest BCUT2D eigenvalue weighted by molar-refractivity contribution is -0.130. The van der Waals surface area contributed by atoms with Gasteiger partial charge in [-0.25, -0.2) is 10.4 Å². The fourth-order valence-electron chi connectivity index (χ4n) is 5.26. The maximum Gasteiger partial charge on any atom is 0.266 e. The van der Waals surface area contributed by atoms with E-state index in [1.165, 1.54) is 5.56 Å². The molecule has 236 valence electrons. The molecule has 10 nitrogen and oxygen atoms in total. The van der Waals surface area contributed by atoms with Crippen molar-refractivity contribution < 1.29 is 19.4 Å². The summed E-state index contributed by atoms with van der Waals surface area (Å²) in [5.74, 6) is 0.536. The lowest BCUT2D eigenvalue weighted by atomic mass is 9.81. The van der Waals surface area contributed by atoms with Gasteiger partial charge in [-0.3, -0.25) is 10.2 Å². The Hall–Kier alpha value is -4.67. The van der Waals surface area contributed by atoms with Gasteiger partial charge in [0.05, 0.1) is 6.61 Å². The quantitative estimate of drug-likeness (QED) is 0.0440. The van der Waals surface area contributed by atoms with Crippen LogP contribution in [-0.4, -0.2) is 42.2 Å². The molecule has 5 rings (SSSR count). The van der Waals surface area contributed by atoms with Gasteiger partial charge in [-0.1, -0.05) is 93.3 Å². The number of azide groups is 1. The standard InChI is InChI=1S/C35H35BrN6O4/c1-24-11-13-25(14-12-24)19-20-38-41-34(44)35(23-27-7-2-5-10-31(27)40-42-37)32(29-8-3-4-9-30(29)36)46-33(39-35)26-15-17-28(18-16-26)45-22-6-21-43/h2-5,7-18,32,38,43H,6,19-23H2,1H3,(H,41,44)/t32-,35-/m0/s1. The molecule has 0 aliphatic carbocycles. The third-order valence-electron chi connectivity index (χ3n) is 7.68. The van der Waals surface area contributed by atoms with Gasteiger partial charge in [0.15, 0.2) is 11.6 Å². The Labute approximate surface area is 276 Å². The second-order valence-corrected chi connectivity index (χ2v) is 11.8. The van der Waals surface area contributed by atoms with Crippen molar-refractivity contribution in [1.82, 2.24) is 10.9 Å². The van der Waals surface area contributed by atoms with Gasteiger partial charge >= 0.3 is 0 Å². The van der Waals surface area contributed by atoms with Gasteiger partial charge in [0, 0.05) is 52.2 Å². The molecule has 0 spiro atoms. The Bertz CT molecular complexity index is 1720. The first-order valence-corrected chi connectivity index (χ1v) is 15.8. The van der Waals surface area contributed by atoms with Crippen LogP contribution >= 0.6 is 15.9 Å². The molecule has 1 heterocycles. The molecular weight excluding hydrogens is 648 g/mol. The number of carbonyl (C=O) groups excluding carboxylic acids is 1. The molecule has 2 atom stereocenters. The number of aliphatic hydroxyl groups is 1. The zero-order valence-electron chi connectivity index (χ0n) is 25.4. The van der Waals surface area contributed by atoms with Gasteiger partial charge in [-0.05, 0) is 60.3 Å². The minimum atomic E-state index is -1.49. The zero-order valence-corrected chi connectivity index (χ0v) is 27.0. The van der Waals surface area contributed by atoms with Crippen molar-refractivity contribution in [2.24, 2.45) is 10.1 Å². The van der Waals surface area contributed by atoms with E-state index in [-0.39, 0.29) is 13.0 Å². The summed E-state index contributed by atoms with van der Waals surface area (Å²) in [6.07, 6.45) is 0.486. The highest BCUT2D eigenvalue weighted by Crippen LogP contribution is 2.45. The van der Waals surface area contributed by atoms with Gasteiger partial charge in [0.25, 0.3) is 5.91 Å². The number of ether oxygens (including phenoxy) is 2. The number of aliphatic imine (C=N–C) groups is 1. The number of hydrogen-bond donors (Lipinski definition) is 3. The van der Waals surface area contributed by atoms with Crippen molar-refractivity contribution in [3.8, 4) is 5.75 Å². The normalized spacial score (nSPS) is 17.0. The second-order valence-electron chi connectivity index (χ2n) is 10.9. The second kappa shape index (κ2) is 15.6. The van der Waals surface area contributed by atoms with Crippen LogP contribution in [0.3, 0.4) is 0 Å². The molecule has 4 aromatic carbocycles. The molecule has 1 aliphatic heterocycles. The molecule has 1 aliphatic rings. The first-order valence-electron chi connectivity index (χ1n) is 15.0. The van der Waals surface area contributed by atoms with Gasteiger partial charge in [0.2, 0.25) is 5.90 Å². The van der Waals surface area contributed by atoms with Crippen LogP contribution in [0.25, 0.3) is 10.4 Å². The highest BCUT2D eigenvalue weighted by Gasteiger charge is 2.54. The monoisotopic (exact) mass is 682 g/mol. The van der Waals surface area contributed by atoms with Crippen LogP contribution in [0.5, 0.6) is 5.75 Å². The lowest BCUT2D eigenvalue weighted by Gasteiger charge is -2.31. The molecule has 0 fully saturated rings. The largest absolute Gasteiger partial charge is 0.494 e. The molecule has 4 aromatic rings. The topological polar surface area (TPSA) is 141 Å². The van der Waals surface area contributed by atoms with Crippen LogP contribution in [0.4, 0.5) is 5.69 Å². The minimum Gasteiger partial charge on any atom is -0.494 e. The Morgan fingerprint density at radius 1 is 1.07 bits per heavy atom. The number of hydrogen-bond acceptors (Lipinski definition) is 7. The molecule has 46 heavy (non-hydrogen) atoms. The Kier molecular flexibility index (Phi) is 11.1. The van der Waals surface area contributed by atoms with E-state index in [2.05, 4.69) is 61.1 Å². The van der Waals surface area contributed by atoms with Crippen molar-refractivity contribution >= 4 is 33.4 Å². The van der Waals surface area contributed by atoms with Crippen molar-refractivity contribution in [3.63, 3.8) is 0 Å². The summed E-state index contributed by atoms with van der Waals surface area (Å²) in [7, 11) is 0. The molecule has 0 saturated carbocycles. The van der Waals surface area contributed by atoms with Crippen LogP contribution in [-0.2, 0) is 22.4 Å². The number of hydrazine groups is 1. The van der Waals surface area contributed by atoms with Crippen molar-refractivity contribution in [3.05, 3.63) is 140 Å². The molecular formula is C35H35BrN6O4. The van der Waals surface area contributed by atoms with Crippen molar-refractivity contribution in [2.75, 3.05) is 19.8 Å². The van der Waals surface area contributed by atoms with Crippen molar-refractivity contribution in [2.45, 2.75) is 37.8 Å². The van der Waals surface area contributed by atoms with E-state index in [4.69, 9.17) is 19.6 Å². The molecule has 0 bridgehead atoms. The summed E-state index contributed by atoms with van der Waals surface area (Å²) in [6.45, 7) is 2.98. The SMILES string of the molecule is Cc1ccc(CCNNC(=O)[C@@]2(Cc3ccccc3N=[N+]=[N-])N=C(c3ccc(OCCCO)cc3)O[C@H]2c2ccccc2Br)cc1. The summed E-state index contributed by atoms with van der Waals surface area (Å²) in [5, 5.41) is 13.0. The smallest absolute Gasteiger partial charge is 0.266 e. The average Bonchev–Trinajstić information content (AvgIpc) is 3.45. The van der Waals surface area contributed by atoms with Crippen LogP contribution in [0.2, 0.25) is 0 Å². The Morgan fingerprint density at radius 3 is 2.54 bits per heavy atom. The van der Waals surface area contributed by atoms with E-state index >= 15 is 0 Å². The molecule has 11 heteroatoms. The minimum absolute atomic E-state index is 0.0485. The van der Waals surface area contributed by atoms with Gasteiger partial charge in [-0.15, -0.1) is 0 Å². The van der Waals surface area contributed by atoms with E-state index in [1.807, 2.05) is 55.5 Å². The predicted octanol–water partition coefficient (Wildman–Crippen LogP) is 6.82. The molecule has 0 radical (unpaired) electrons. The van der Waals surface area contributed by atoms with E-state index in [9.17, 15) is 10.3 Å². The Balaban J connectivity index is 1.52. The number of amides is 1. The molecule has 0 unspecified atom stereocenters. The summed E-state index contributed by atoms with van der Waals surface area (Å²) in [5.41, 5.74) is 18.6. The first kappa shape index (κ1) is 32.7. The van der Waals surface area contributed by atoms with Gasteiger partial charge in [0.1, 0.15) is 5.75 Å². The molecule has 1 amide bonds. The third-order valence-corrected chi connectivity index (χ3v) is 8.41. The van der Waals surface area contributed by atoms with E-state index in [0.29, 0.717) is 54.5 Å². The molecule has 0 aromatic heterocycles. The fraction of sp³-hybridized carbons (Fsp3) is 0.257. The highest BCUT2D eigenvalue weighted by atomic mass is 79.9.